The van der Waals surface area contributed by atoms with Crippen molar-refractivity contribution in [3.05, 3.63) is 24.3 Å². The largest absolute Gasteiger partial charge is 0.467 e. The third kappa shape index (κ3) is 8.59. The monoisotopic (exact) mass is 269 g/mol. The number of carbonyl (C=O) groups excluding carboxylic acids is 3. The van der Waals surface area contributed by atoms with Gasteiger partial charge in [-0.1, -0.05) is 18.2 Å². The first-order valence-electron chi connectivity index (χ1n) is 5.69. The molecule has 1 N–H and O–H groups in total. The van der Waals surface area contributed by atoms with Gasteiger partial charge in [-0.3, -0.25) is 9.59 Å². The van der Waals surface area contributed by atoms with Crippen LogP contribution in [-0.4, -0.2) is 37.6 Å². The average molecular weight is 269 g/mol. The van der Waals surface area contributed by atoms with E-state index in [0.29, 0.717) is 5.57 Å². The van der Waals surface area contributed by atoms with Crippen LogP contribution >= 0.6 is 0 Å². The minimum absolute atomic E-state index is 0.136. The molecule has 0 aromatic carbocycles. The lowest BCUT2D eigenvalue weighted by Crippen LogP contribution is -2.40. The molecule has 0 spiro atoms. The van der Waals surface area contributed by atoms with Crippen LogP contribution in [0.2, 0.25) is 0 Å². The van der Waals surface area contributed by atoms with E-state index in [1.165, 1.54) is 21.0 Å². The minimum atomic E-state index is -0.770. The average Bonchev–Trinajstić information content (AvgIpc) is 2.32. The van der Waals surface area contributed by atoms with E-state index in [2.05, 4.69) is 16.6 Å². The molecule has 106 valence electrons. The number of allylic oxidation sites excluding steroid dienone is 1. The Hall–Kier alpha value is -2.11. The highest BCUT2D eigenvalue weighted by molar-refractivity contribution is 5.83. The maximum Gasteiger partial charge on any atom is 0.328 e. The third-order valence-electron chi connectivity index (χ3n) is 2.07. The number of hydrogen-bond donors (Lipinski definition) is 1. The predicted octanol–water partition coefficient (Wildman–Crippen LogP) is 0.730. The molecule has 0 saturated carbocycles. The van der Waals surface area contributed by atoms with Crippen molar-refractivity contribution in [3.63, 3.8) is 0 Å². The van der Waals surface area contributed by atoms with Crippen molar-refractivity contribution in [2.75, 3.05) is 13.7 Å². The molecule has 1 atom stereocenters. The molecule has 1 unspecified atom stereocenters. The Balaban J connectivity index is 4.34. The number of esters is 2. The van der Waals surface area contributed by atoms with Crippen molar-refractivity contribution in [2.45, 2.75) is 26.3 Å². The smallest absolute Gasteiger partial charge is 0.328 e. The number of carbonyl (C=O) groups is 3. The van der Waals surface area contributed by atoms with E-state index in [-0.39, 0.29) is 24.9 Å². The van der Waals surface area contributed by atoms with E-state index in [0.717, 1.165) is 0 Å². The molecule has 0 aromatic rings. The zero-order valence-electron chi connectivity index (χ0n) is 11.4. The fraction of sp³-hybridized carbons (Fsp3) is 0.462. The Bertz CT molecular complexity index is 386. The van der Waals surface area contributed by atoms with Crippen LogP contribution in [0.15, 0.2) is 24.3 Å². The van der Waals surface area contributed by atoms with Crippen LogP contribution < -0.4 is 5.32 Å². The molecule has 19 heavy (non-hydrogen) atoms. The summed E-state index contributed by atoms with van der Waals surface area (Å²) in [7, 11) is 1.25. The van der Waals surface area contributed by atoms with Crippen molar-refractivity contribution in [2.24, 2.45) is 0 Å². The number of hydrogen-bond acceptors (Lipinski definition) is 5. The first-order chi connectivity index (χ1) is 8.86. The van der Waals surface area contributed by atoms with E-state index in [9.17, 15) is 14.4 Å². The Morgan fingerprint density at radius 3 is 2.42 bits per heavy atom. The van der Waals surface area contributed by atoms with Gasteiger partial charge in [0.2, 0.25) is 5.91 Å². The van der Waals surface area contributed by atoms with Gasteiger partial charge in [-0.2, -0.15) is 0 Å². The number of amides is 1. The molecule has 0 heterocycles. The zero-order valence-corrected chi connectivity index (χ0v) is 11.4. The van der Waals surface area contributed by atoms with E-state index in [4.69, 9.17) is 4.74 Å². The molecular formula is C13H19NO5. The molecule has 0 aliphatic carbocycles. The van der Waals surface area contributed by atoms with Crippen LogP contribution in [0.25, 0.3) is 0 Å². The zero-order chi connectivity index (χ0) is 14.8. The second-order valence-corrected chi connectivity index (χ2v) is 3.84. The number of methoxy groups -OCH3 is 1. The van der Waals surface area contributed by atoms with Crippen LogP contribution in [0.1, 0.15) is 20.3 Å². The summed E-state index contributed by atoms with van der Waals surface area (Å²) in [6, 6.07) is -0.770. The van der Waals surface area contributed by atoms with E-state index in [1.807, 2.05) is 0 Å². The highest BCUT2D eigenvalue weighted by Crippen LogP contribution is 2.06. The molecule has 0 radical (unpaired) electrons. The van der Waals surface area contributed by atoms with Crippen molar-refractivity contribution in [1.29, 1.82) is 0 Å². The lowest BCUT2D eigenvalue weighted by atomic mass is 10.1. The molecule has 6 heteroatoms. The lowest BCUT2D eigenvalue weighted by Gasteiger charge is -2.15. The molecule has 0 aliphatic heterocycles. The molecule has 6 nitrogen and oxygen atoms in total. The summed E-state index contributed by atoms with van der Waals surface area (Å²) in [5.41, 5.74) is 0.608. The Labute approximate surface area is 112 Å². The van der Waals surface area contributed by atoms with Gasteiger partial charge in [-0.15, -0.1) is 0 Å². The first kappa shape index (κ1) is 16.9. The van der Waals surface area contributed by atoms with Crippen molar-refractivity contribution >= 4 is 17.8 Å². The van der Waals surface area contributed by atoms with Crippen LogP contribution in [0.4, 0.5) is 0 Å². The minimum Gasteiger partial charge on any atom is -0.467 e. The van der Waals surface area contributed by atoms with Gasteiger partial charge in [0.1, 0.15) is 12.6 Å². The molecule has 0 bridgehead atoms. The number of rotatable bonds is 7. The Kier molecular flexibility index (Phi) is 7.92. The summed E-state index contributed by atoms with van der Waals surface area (Å²) >= 11 is 0. The van der Waals surface area contributed by atoms with Crippen molar-refractivity contribution in [1.82, 2.24) is 5.32 Å². The molecule has 1 amide bonds. The highest BCUT2D eigenvalue weighted by Gasteiger charge is 2.20. The van der Waals surface area contributed by atoms with Gasteiger partial charge in [-0.25, -0.2) is 4.79 Å². The van der Waals surface area contributed by atoms with Crippen molar-refractivity contribution < 1.29 is 23.9 Å². The Morgan fingerprint density at radius 1 is 1.32 bits per heavy atom. The topological polar surface area (TPSA) is 81.7 Å². The fourth-order valence-electron chi connectivity index (χ4n) is 1.29. The van der Waals surface area contributed by atoms with Gasteiger partial charge in [0.15, 0.2) is 0 Å². The maximum absolute atomic E-state index is 11.4. The van der Waals surface area contributed by atoms with E-state index >= 15 is 0 Å². The predicted molar refractivity (Wildman–Crippen MR) is 69.2 cm³/mol. The van der Waals surface area contributed by atoms with Gasteiger partial charge in [0, 0.05) is 20.3 Å². The third-order valence-corrected chi connectivity index (χ3v) is 2.07. The van der Waals surface area contributed by atoms with Gasteiger partial charge in [-0.05, 0) is 6.08 Å². The van der Waals surface area contributed by atoms with Crippen LogP contribution in [0.3, 0.4) is 0 Å². The Morgan fingerprint density at radius 2 is 1.95 bits per heavy atom. The summed E-state index contributed by atoms with van der Waals surface area (Å²) in [4.78, 5) is 32.9. The molecule has 0 rings (SSSR count). The standard InChI is InChI=1S/C13H19NO5/c1-9(6-5-7-19-11(3)16)8-12(13(17)18-4)14-10(2)15/h5-6,12H,1,7-8H2,2-4H3,(H,14,15)/b6-5+. The molecular weight excluding hydrogens is 250 g/mol. The van der Waals surface area contributed by atoms with Gasteiger partial charge in [0.25, 0.3) is 0 Å². The lowest BCUT2D eigenvalue weighted by molar-refractivity contribution is -0.144. The van der Waals surface area contributed by atoms with E-state index < -0.39 is 12.0 Å². The van der Waals surface area contributed by atoms with Crippen LogP contribution in [-0.2, 0) is 23.9 Å². The summed E-state index contributed by atoms with van der Waals surface area (Å²) in [6.45, 7) is 6.51. The summed E-state index contributed by atoms with van der Waals surface area (Å²) in [5, 5.41) is 2.48. The van der Waals surface area contributed by atoms with Gasteiger partial charge in [0.05, 0.1) is 7.11 Å². The SMILES string of the molecule is C=C(/C=C/COC(C)=O)CC(NC(C)=O)C(=O)OC. The summed E-state index contributed by atoms with van der Waals surface area (Å²) < 4.78 is 9.29. The van der Waals surface area contributed by atoms with Gasteiger partial charge >= 0.3 is 11.9 Å². The maximum atomic E-state index is 11.4. The fourth-order valence-corrected chi connectivity index (χ4v) is 1.29. The molecule has 0 fully saturated rings. The second-order valence-electron chi connectivity index (χ2n) is 3.84. The number of ether oxygens (including phenoxy) is 2. The highest BCUT2D eigenvalue weighted by atomic mass is 16.5. The molecule has 0 aromatic heterocycles. The van der Waals surface area contributed by atoms with E-state index in [1.54, 1.807) is 12.2 Å². The van der Waals surface area contributed by atoms with Gasteiger partial charge < -0.3 is 14.8 Å². The van der Waals surface area contributed by atoms with Crippen LogP contribution in [0, 0.1) is 0 Å². The summed E-state index contributed by atoms with van der Waals surface area (Å²) in [5.74, 6) is -1.24. The first-order valence-corrected chi connectivity index (χ1v) is 5.69. The molecule has 0 saturated heterocycles. The van der Waals surface area contributed by atoms with Crippen molar-refractivity contribution in [3.8, 4) is 0 Å². The second kappa shape index (κ2) is 8.91. The summed E-state index contributed by atoms with van der Waals surface area (Å²) in [6.07, 6.45) is 3.45. The quantitative estimate of drug-likeness (QED) is 0.544. The van der Waals surface area contributed by atoms with Crippen LogP contribution in [0.5, 0.6) is 0 Å². The number of nitrogens with one attached hydrogen (secondary N) is 1. The molecule has 0 aliphatic rings. The normalized spacial score (nSPS) is 11.7.